The zero-order chi connectivity index (χ0) is 19.1. The third-order valence-electron chi connectivity index (χ3n) is 3.69. The van der Waals surface area contributed by atoms with Crippen molar-refractivity contribution in [1.29, 1.82) is 0 Å². The van der Waals surface area contributed by atoms with Gasteiger partial charge in [-0.1, -0.05) is 24.0 Å². The maximum Gasteiger partial charge on any atom is 0.221 e. The maximum atomic E-state index is 5.94. The number of hydrogen-bond donors (Lipinski definition) is 1. The van der Waals surface area contributed by atoms with Gasteiger partial charge in [0.1, 0.15) is 24.7 Å². The molecule has 5 nitrogen and oxygen atoms in total. The molecule has 2 N–H and O–H groups in total. The van der Waals surface area contributed by atoms with Crippen LogP contribution in [0.15, 0.2) is 54.6 Å². The molecule has 0 aliphatic carbocycles. The number of aromatic nitrogens is 2. The first-order valence-electron chi connectivity index (χ1n) is 8.18. The molecule has 0 spiro atoms. The van der Waals surface area contributed by atoms with Crippen LogP contribution >= 0.6 is 0 Å². The van der Waals surface area contributed by atoms with E-state index in [4.69, 9.17) is 28.1 Å². The Hall–Kier alpha value is -3.96. The molecule has 0 atom stereocenters. The lowest BCUT2D eigenvalue weighted by molar-refractivity contribution is 0.370. The van der Waals surface area contributed by atoms with Gasteiger partial charge in [0.25, 0.3) is 0 Å². The van der Waals surface area contributed by atoms with Crippen molar-refractivity contribution < 1.29 is 9.47 Å². The molecule has 27 heavy (non-hydrogen) atoms. The second-order valence-corrected chi connectivity index (χ2v) is 5.50. The summed E-state index contributed by atoms with van der Waals surface area (Å²) in [5.74, 6) is 6.38. The SMILES string of the molecule is C#CCOc1ccc(-c2cc(-c3ccccc3OCC#C)nc(N)n2)cc1. The van der Waals surface area contributed by atoms with Crippen LogP contribution in [0.25, 0.3) is 22.5 Å². The van der Waals surface area contributed by atoms with E-state index in [9.17, 15) is 0 Å². The van der Waals surface area contributed by atoms with Gasteiger partial charge >= 0.3 is 0 Å². The molecule has 0 unspecified atom stereocenters. The van der Waals surface area contributed by atoms with E-state index in [1.807, 2.05) is 54.6 Å². The minimum absolute atomic E-state index is 0.168. The Morgan fingerprint density at radius 3 is 2.26 bits per heavy atom. The van der Waals surface area contributed by atoms with E-state index in [-0.39, 0.29) is 19.2 Å². The van der Waals surface area contributed by atoms with Crippen LogP contribution in [-0.4, -0.2) is 23.2 Å². The molecule has 0 fully saturated rings. The van der Waals surface area contributed by atoms with Crippen LogP contribution in [0.3, 0.4) is 0 Å². The molecule has 132 valence electrons. The smallest absolute Gasteiger partial charge is 0.221 e. The highest BCUT2D eigenvalue weighted by molar-refractivity contribution is 5.73. The normalized spacial score (nSPS) is 9.85. The van der Waals surface area contributed by atoms with Gasteiger partial charge in [-0.05, 0) is 42.5 Å². The second-order valence-electron chi connectivity index (χ2n) is 5.50. The molecule has 0 saturated carbocycles. The average molecular weight is 355 g/mol. The summed E-state index contributed by atoms with van der Waals surface area (Å²) in [5.41, 5.74) is 8.94. The van der Waals surface area contributed by atoms with Crippen LogP contribution in [0, 0.1) is 24.7 Å². The van der Waals surface area contributed by atoms with Crippen molar-refractivity contribution in [1.82, 2.24) is 9.97 Å². The molecule has 0 radical (unpaired) electrons. The monoisotopic (exact) mass is 355 g/mol. The Bertz CT molecular complexity index is 1010. The molecule has 3 rings (SSSR count). The molecule has 0 saturated heterocycles. The molecular formula is C22H17N3O2. The predicted octanol–water partition coefficient (Wildman–Crippen LogP) is 3.42. The Morgan fingerprint density at radius 2 is 1.52 bits per heavy atom. The summed E-state index contributed by atoms with van der Waals surface area (Å²) in [4.78, 5) is 8.68. The molecule has 5 heteroatoms. The largest absolute Gasteiger partial charge is 0.481 e. The lowest BCUT2D eigenvalue weighted by Crippen LogP contribution is -2.01. The zero-order valence-electron chi connectivity index (χ0n) is 14.6. The molecule has 0 aliphatic rings. The number of nitrogens with two attached hydrogens (primary N) is 1. The number of nitrogen functional groups attached to an aromatic ring is 1. The molecule has 1 aromatic heterocycles. The van der Waals surface area contributed by atoms with E-state index in [0.29, 0.717) is 22.9 Å². The first kappa shape index (κ1) is 17.8. The van der Waals surface area contributed by atoms with Crippen LogP contribution in [-0.2, 0) is 0 Å². The van der Waals surface area contributed by atoms with Crippen molar-refractivity contribution >= 4 is 5.95 Å². The van der Waals surface area contributed by atoms with E-state index < -0.39 is 0 Å². The van der Waals surface area contributed by atoms with E-state index >= 15 is 0 Å². The van der Waals surface area contributed by atoms with E-state index in [2.05, 4.69) is 21.8 Å². The molecule has 1 heterocycles. The highest BCUT2D eigenvalue weighted by atomic mass is 16.5. The summed E-state index contributed by atoms with van der Waals surface area (Å²) >= 11 is 0. The third-order valence-corrected chi connectivity index (χ3v) is 3.69. The molecule has 0 aliphatic heterocycles. The Balaban J connectivity index is 1.96. The van der Waals surface area contributed by atoms with Gasteiger partial charge in [0.15, 0.2) is 0 Å². The van der Waals surface area contributed by atoms with Crippen molar-refractivity contribution in [2.45, 2.75) is 0 Å². The molecule has 0 amide bonds. The number of anilines is 1. The summed E-state index contributed by atoms with van der Waals surface area (Å²) in [5, 5.41) is 0. The van der Waals surface area contributed by atoms with Crippen molar-refractivity contribution in [3.05, 3.63) is 54.6 Å². The maximum absolute atomic E-state index is 5.94. The number of terminal acetylenes is 2. The van der Waals surface area contributed by atoms with Crippen molar-refractivity contribution in [3.8, 4) is 58.7 Å². The first-order valence-corrected chi connectivity index (χ1v) is 8.18. The number of para-hydroxylation sites is 1. The second kappa shape index (κ2) is 8.42. The number of ether oxygens (including phenoxy) is 2. The number of hydrogen-bond acceptors (Lipinski definition) is 5. The lowest BCUT2D eigenvalue weighted by Gasteiger charge is -2.11. The van der Waals surface area contributed by atoms with Crippen molar-refractivity contribution in [2.75, 3.05) is 18.9 Å². The predicted molar refractivity (Wildman–Crippen MR) is 106 cm³/mol. The van der Waals surface area contributed by atoms with Gasteiger partial charge < -0.3 is 15.2 Å². The van der Waals surface area contributed by atoms with Crippen LogP contribution in [0.1, 0.15) is 0 Å². The van der Waals surface area contributed by atoms with E-state index in [1.165, 1.54) is 0 Å². The molecular weight excluding hydrogens is 338 g/mol. The standard InChI is InChI=1S/C22H17N3O2/c1-3-13-26-17-11-9-16(10-12-17)19-15-20(25-22(23)24-19)18-7-5-6-8-21(18)27-14-4-2/h1-2,5-12,15H,13-14H2,(H2,23,24,25). The summed E-state index contributed by atoms with van der Waals surface area (Å²) in [6.07, 6.45) is 10.5. The van der Waals surface area contributed by atoms with Gasteiger partial charge in [-0.3, -0.25) is 0 Å². The fourth-order valence-corrected chi connectivity index (χ4v) is 2.52. The van der Waals surface area contributed by atoms with Gasteiger partial charge in [-0.15, -0.1) is 12.8 Å². The fourth-order valence-electron chi connectivity index (χ4n) is 2.52. The summed E-state index contributed by atoms with van der Waals surface area (Å²) in [6.45, 7) is 0.391. The van der Waals surface area contributed by atoms with Crippen LogP contribution in [0.5, 0.6) is 11.5 Å². The van der Waals surface area contributed by atoms with Crippen LogP contribution < -0.4 is 15.2 Å². The van der Waals surface area contributed by atoms with Gasteiger partial charge in [0, 0.05) is 11.1 Å². The van der Waals surface area contributed by atoms with Crippen molar-refractivity contribution in [2.24, 2.45) is 0 Å². The van der Waals surface area contributed by atoms with Crippen LogP contribution in [0.4, 0.5) is 5.95 Å². The van der Waals surface area contributed by atoms with Crippen LogP contribution in [0.2, 0.25) is 0 Å². The molecule has 0 bridgehead atoms. The summed E-state index contributed by atoms with van der Waals surface area (Å²) < 4.78 is 11.0. The highest BCUT2D eigenvalue weighted by Gasteiger charge is 2.11. The van der Waals surface area contributed by atoms with Gasteiger partial charge in [0.05, 0.1) is 11.4 Å². The third kappa shape index (κ3) is 4.36. The van der Waals surface area contributed by atoms with Gasteiger partial charge in [-0.2, -0.15) is 0 Å². The molecule has 3 aromatic rings. The molecule has 2 aromatic carbocycles. The Labute approximate surface area is 158 Å². The van der Waals surface area contributed by atoms with Gasteiger partial charge in [-0.25, -0.2) is 9.97 Å². The number of nitrogens with zero attached hydrogens (tertiary/aromatic N) is 2. The minimum Gasteiger partial charge on any atom is -0.481 e. The average Bonchev–Trinajstić information content (AvgIpc) is 2.71. The Morgan fingerprint density at radius 1 is 0.852 bits per heavy atom. The highest BCUT2D eigenvalue weighted by Crippen LogP contribution is 2.31. The quantitative estimate of drug-likeness (QED) is 0.686. The summed E-state index contributed by atoms with van der Waals surface area (Å²) in [6, 6.07) is 16.8. The zero-order valence-corrected chi connectivity index (χ0v) is 14.6. The Kier molecular flexibility index (Phi) is 5.57. The van der Waals surface area contributed by atoms with E-state index in [0.717, 1.165) is 11.1 Å². The number of benzene rings is 2. The van der Waals surface area contributed by atoms with E-state index in [1.54, 1.807) is 0 Å². The van der Waals surface area contributed by atoms with Crippen molar-refractivity contribution in [3.63, 3.8) is 0 Å². The summed E-state index contributed by atoms with van der Waals surface area (Å²) in [7, 11) is 0. The fraction of sp³-hybridized carbons (Fsp3) is 0.0909. The first-order chi connectivity index (χ1) is 13.2. The van der Waals surface area contributed by atoms with Gasteiger partial charge in [0.2, 0.25) is 5.95 Å². The topological polar surface area (TPSA) is 70.3 Å². The minimum atomic E-state index is 0.168. The lowest BCUT2D eigenvalue weighted by atomic mass is 10.1. The number of rotatable bonds is 6.